The van der Waals surface area contributed by atoms with Crippen LogP contribution >= 0.6 is 0 Å². The van der Waals surface area contributed by atoms with Gasteiger partial charge in [0.1, 0.15) is 11.6 Å². The van der Waals surface area contributed by atoms with Gasteiger partial charge >= 0.3 is 0 Å². The highest BCUT2D eigenvalue weighted by molar-refractivity contribution is 5.82. The Bertz CT molecular complexity index is 936. The lowest BCUT2D eigenvalue weighted by molar-refractivity contribution is 0.0841. The van der Waals surface area contributed by atoms with Gasteiger partial charge in [0.25, 0.3) is 5.91 Å². The Kier molecular flexibility index (Phi) is 5.98. The fourth-order valence-corrected chi connectivity index (χ4v) is 2.47. The van der Waals surface area contributed by atoms with E-state index in [9.17, 15) is 13.6 Å². The number of nitrogens with zero attached hydrogens (tertiary/aromatic N) is 3. The van der Waals surface area contributed by atoms with Gasteiger partial charge in [0.2, 0.25) is 11.9 Å². The van der Waals surface area contributed by atoms with Crippen molar-refractivity contribution < 1.29 is 13.6 Å². The second kappa shape index (κ2) is 8.60. The highest BCUT2D eigenvalue weighted by Gasteiger charge is 2.18. The number of nitrogens with one attached hydrogen (secondary N) is 2. The third-order valence-corrected chi connectivity index (χ3v) is 4.04. The SMILES string of the molecule is CC(C)C(=O)n1nc(NCc2ccc(F)cc2)nc1NCc1ccc(F)cc1. The van der Waals surface area contributed by atoms with Crippen molar-refractivity contribution in [1.29, 1.82) is 0 Å². The summed E-state index contributed by atoms with van der Waals surface area (Å²) in [5, 5.41) is 10.3. The van der Waals surface area contributed by atoms with Crippen LogP contribution in [-0.4, -0.2) is 20.7 Å². The van der Waals surface area contributed by atoms with E-state index in [4.69, 9.17) is 0 Å². The number of hydrogen-bond donors (Lipinski definition) is 2. The molecule has 0 aliphatic rings. The van der Waals surface area contributed by atoms with Crippen molar-refractivity contribution in [3.05, 3.63) is 71.3 Å². The number of carbonyl (C=O) groups excluding carboxylic acids is 1. The van der Waals surface area contributed by atoms with Crippen molar-refractivity contribution in [3.8, 4) is 0 Å². The summed E-state index contributed by atoms with van der Waals surface area (Å²) < 4.78 is 27.3. The van der Waals surface area contributed by atoms with Crippen LogP contribution in [0.3, 0.4) is 0 Å². The van der Waals surface area contributed by atoms with Crippen LogP contribution < -0.4 is 10.6 Å². The molecule has 0 amide bonds. The van der Waals surface area contributed by atoms with Gasteiger partial charge in [-0.1, -0.05) is 38.1 Å². The Labute approximate surface area is 161 Å². The number of rotatable bonds is 7. The molecule has 3 rings (SSSR count). The molecule has 0 atom stereocenters. The van der Waals surface area contributed by atoms with Crippen molar-refractivity contribution >= 4 is 17.8 Å². The largest absolute Gasteiger partial charge is 0.350 e. The highest BCUT2D eigenvalue weighted by Crippen LogP contribution is 2.15. The normalized spacial score (nSPS) is 10.9. The zero-order valence-electron chi connectivity index (χ0n) is 15.6. The smallest absolute Gasteiger partial charge is 0.252 e. The predicted molar refractivity (Wildman–Crippen MR) is 103 cm³/mol. The van der Waals surface area contributed by atoms with Crippen molar-refractivity contribution in [2.75, 3.05) is 10.6 Å². The van der Waals surface area contributed by atoms with Gasteiger partial charge < -0.3 is 10.6 Å². The van der Waals surface area contributed by atoms with E-state index in [-0.39, 0.29) is 29.4 Å². The minimum Gasteiger partial charge on any atom is -0.350 e. The molecule has 6 nitrogen and oxygen atoms in total. The summed E-state index contributed by atoms with van der Waals surface area (Å²) in [6.45, 7) is 4.30. The summed E-state index contributed by atoms with van der Waals surface area (Å²) in [6, 6.07) is 12.1. The predicted octanol–water partition coefficient (Wildman–Crippen LogP) is 4.08. The first-order valence-electron chi connectivity index (χ1n) is 8.90. The van der Waals surface area contributed by atoms with Gasteiger partial charge in [-0.05, 0) is 35.4 Å². The Morgan fingerprint density at radius 2 is 1.43 bits per heavy atom. The van der Waals surface area contributed by atoms with Gasteiger partial charge in [0.15, 0.2) is 0 Å². The van der Waals surface area contributed by atoms with E-state index < -0.39 is 0 Å². The van der Waals surface area contributed by atoms with Crippen LogP contribution in [0.1, 0.15) is 29.8 Å². The molecule has 0 fully saturated rings. The van der Waals surface area contributed by atoms with E-state index in [1.165, 1.54) is 28.9 Å². The molecule has 146 valence electrons. The molecule has 0 aliphatic carbocycles. The van der Waals surface area contributed by atoms with E-state index in [1.54, 1.807) is 38.1 Å². The average molecular weight is 385 g/mol. The van der Waals surface area contributed by atoms with Gasteiger partial charge in [-0.3, -0.25) is 4.79 Å². The molecule has 0 spiro atoms. The van der Waals surface area contributed by atoms with Crippen LogP contribution in [0.5, 0.6) is 0 Å². The summed E-state index contributed by atoms with van der Waals surface area (Å²) in [6.07, 6.45) is 0. The van der Waals surface area contributed by atoms with E-state index >= 15 is 0 Å². The molecular weight excluding hydrogens is 364 g/mol. The van der Waals surface area contributed by atoms with Crippen molar-refractivity contribution in [3.63, 3.8) is 0 Å². The molecule has 8 heteroatoms. The summed E-state index contributed by atoms with van der Waals surface area (Å²) in [4.78, 5) is 16.8. The van der Waals surface area contributed by atoms with Crippen LogP contribution in [0, 0.1) is 17.6 Å². The van der Waals surface area contributed by atoms with Crippen LogP contribution in [-0.2, 0) is 13.1 Å². The molecule has 1 heterocycles. The maximum Gasteiger partial charge on any atom is 0.252 e. The lowest BCUT2D eigenvalue weighted by Gasteiger charge is -2.08. The number of aromatic nitrogens is 3. The van der Waals surface area contributed by atoms with Crippen LogP contribution in [0.25, 0.3) is 0 Å². The molecule has 0 radical (unpaired) electrons. The van der Waals surface area contributed by atoms with Gasteiger partial charge in [-0.25, -0.2) is 8.78 Å². The third-order valence-electron chi connectivity index (χ3n) is 4.04. The fraction of sp³-hybridized carbons (Fsp3) is 0.250. The minimum absolute atomic E-state index is 0.205. The minimum atomic E-state index is -0.311. The maximum atomic E-state index is 13.0. The molecule has 1 aromatic heterocycles. The molecule has 0 saturated carbocycles. The highest BCUT2D eigenvalue weighted by atomic mass is 19.1. The maximum absolute atomic E-state index is 13.0. The Hall–Kier alpha value is -3.29. The number of anilines is 2. The summed E-state index contributed by atoms with van der Waals surface area (Å²) in [5.74, 6) is -0.512. The van der Waals surface area contributed by atoms with E-state index in [1.807, 2.05) is 0 Å². The standard InChI is InChI=1S/C20H21F2N5O/c1-13(2)18(28)27-20(24-12-15-5-9-17(22)10-6-15)25-19(26-27)23-11-14-3-7-16(21)8-4-14/h3-10,13H,11-12H2,1-2H3,(H2,23,24,25,26). The quantitative estimate of drug-likeness (QED) is 0.641. The number of carbonyl (C=O) groups is 1. The van der Waals surface area contributed by atoms with E-state index in [2.05, 4.69) is 20.7 Å². The number of benzene rings is 2. The molecular formula is C20H21F2N5O. The summed E-state index contributed by atoms with van der Waals surface area (Å²) in [7, 11) is 0. The first-order chi connectivity index (χ1) is 13.4. The van der Waals surface area contributed by atoms with Crippen molar-refractivity contribution in [2.24, 2.45) is 5.92 Å². The molecule has 0 unspecified atom stereocenters. The summed E-state index contributed by atoms with van der Waals surface area (Å²) in [5.41, 5.74) is 1.70. The van der Waals surface area contributed by atoms with Gasteiger partial charge in [-0.15, -0.1) is 5.10 Å². The molecule has 28 heavy (non-hydrogen) atoms. The van der Waals surface area contributed by atoms with E-state index in [0.29, 0.717) is 19.0 Å². The Balaban J connectivity index is 1.74. The third kappa shape index (κ3) is 4.91. The summed E-state index contributed by atoms with van der Waals surface area (Å²) >= 11 is 0. The van der Waals surface area contributed by atoms with Gasteiger partial charge in [-0.2, -0.15) is 9.67 Å². The van der Waals surface area contributed by atoms with Crippen molar-refractivity contribution in [1.82, 2.24) is 14.8 Å². The second-order valence-electron chi connectivity index (χ2n) is 6.62. The first-order valence-corrected chi connectivity index (χ1v) is 8.90. The number of halogens is 2. The Morgan fingerprint density at radius 1 is 0.929 bits per heavy atom. The molecule has 3 aromatic rings. The van der Waals surface area contributed by atoms with Crippen LogP contribution in [0.15, 0.2) is 48.5 Å². The number of hydrogen-bond acceptors (Lipinski definition) is 5. The molecule has 0 bridgehead atoms. The fourth-order valence-electron chi connectivity index (χ4n) is 2.47. The Morgan fingerprint density at radius 3 is 1.93 bits per heavy atom. The van der Waals surface area contributed by atoms with Gasteiger partial charge in [0.05, 0.1) is 0 Å². The zero-order valence-corrected chi connectivity index (χ0v) is 15.6. The topological polar surface area (TPSA) is 71.8 Å². The van der Waals surface area contributed by atoms with Crippen LogP contribution in [0.4, 0.5) is 20.7 Å². The molecule has 2 aromatic carbocycles. The molecule has 0 aliphatic heterocycles. The lowest BCUT2D eigenvalue weighted by atomic mass is 10.2. The monoisotopic (exact) mass is 385 g/mol. The zero-order chi connectivity index (χ0) is 20.1. The van der Waals surface area contributed by atoms with Gasteiger partial charge in [0, 0.05) is 19.0 Å². The molecule has 0 saturated heterocycles. The first kappa shape index (κ1) is 19.5. The average Bonchev–Trinajstić information content (AvgIpc) is 3.09. The van der Waals surface area contributed by atoms with E-state index in [0.717, 1.165) is 11.1 Å². The van der Waals surface area contributed by atoms with Crippen LogP contribution in [0.2, 0.25) is 0 Å². The lowest BCUT2D eigenvalue weighted by Crippen LogP contribution is -2.21. The molecule has 2 N–H and O–H groups in total. The van der Waals surface area contributed by atoms with Crippen molar-refractivity contribution in [2.45, 2.75) is 26.9 Å². The second-order valence-corrected chi connectivity index (χ2v) is 6.62.